The lowest BCUT2D eigenvalue weighted by Gasteiger charge is -2.11. The number of benzene rings is 3. The number of allylic oxidation sites excluding steroid dienone is 1. The predicted molar refractivity (Wildman–Crippen MR) is 128 cm³/mol. The third-order valence-electron chi connectivity index (χ3n) is 5.61. The summed E-state index contributed by atoms with van der Waals surface area (Å²) in [7, 11) is 4.79. The molecule has 0 radical (unpaired) electrons. The highest BCUT2D eigenvalue weighted by molar-refractivity contribution is 6.39. The first-order chi connectivity index (χ1) is 16.1. The largest absolute Gasteiger partial charge is 0.506 e. The summed E-state index contributed by atoms with van der Waals surface area (Å²) in [4.78, 5) is 18.0. The zero-order valence-corrected chi connectivity index (χ0v) is 18.8. The van der Waals surface area contributed by atoms with Crippen LogP contribution in [0.4, 0.5) is 0 Å². The summed E-state index contributed by atoms with van der Waals surface area (Å²) >= 11 is 0. The molecule has 0 amide bonds. The van der Waals surface area contributed by atoms with Gasteiger partial charge in [0.2, 0.25) is 0 Å². The molecular weight excluding hydrogens is 418 g/mol. The average molecular weight is 443 g/mol. The predicted octanol–water partition coefficient (Wildman–Crippen LogP) is 4.91. The van der Waals surface area contributed by atoms with Crippen molar-refractivity contribution in [2.45, 2.75) is 6.42 Å². The number of rotatable bonds is 8. The van der Waals surface area contributed by atoms with Crippen molar-refractivity contribution in [1.82, 2.24) is 0 Å². The summed E-state index contributed by atoms with van der Waals surface area (Å²) in [6.45, 7) is 0.414. The second-order valence-corrected chi connectivity index (χ2v) is 7.50. The lowest BCUT2D eigenvalue weighted by molar-refractivity contribution is 0.104. The van der Waals surface area contributed by atoms with E-state index in [0.717, 1.165) is 11.1 Å². The SMILES string of the molecule is COc1ccc(C(=NCCc2ccc(OC)c(OC)c2)C2=C(O)c3ccccc3C2=O)cc1. The average Bonchev–Trinajstić information content (AvgIpc) is 3.12. The molecule has 0 atom stereocenters. The van der Waals surface area contributed by atoms with Crippen LogP contribution in [-0.2, 0) is 6.42 Å². The quantitative estimate of drug-likeness (QED) is 0.501. The zero-order chi connectivity index (χ0) is 23.4. The van der Waals surface area contributed by atoms with Gasteiger partial charge in [0.1, 0.15) is 11.5 Å². The summed E-state index contributed by atoms with van der Waals surface area (Å²) in [6, 6.07) is 20.1. The highest BCUT2D eigenvalue weighted by Gasteiger charge is 2.33. The van der Waals surface area contributed by atoms with E-state index in [-0.39, 0.29) is 17.1 Å². The molecule has 4 rings (SSSR count). The number of Topliss-reactive ketones (excluding diaryl/α,β-unsaturated/α-hetero) is 1. The van der Waals surface area contributed by atoms with E-state index in [1.165, 1.54) is 0 Å². The summed E-state index contributed by atoms with van der Waals surface area (Å²) in [5, 5.41) is 10.9. The molecule has 0 aliphatic heterocycles. The molecule has 6 heteroatoms. The van der Waals surface area contributed by atoms with Gasteiger partial charge in [0.05, 0.1) is 32.6 Å². The number of fused-ring (bicyclic) bond motifs is 1. The number of aliphatic imine (C=N–C) groups is 1. The van der Waals surface area contributed by atoms with Crippen LogP contribution < -0.4 is 14.2 Å². The first-order valence-electron chi connectivity index (χ1n) is 10.5. The summed E-state index contributed by atoms with van der Waals surface area (Å²) in [5.74, 6) is 1.73. The van der Waals surface area contributed by atoms with Gasteiger partial charge in [0.15, 0.2) is 17.3 Å². The lowest BCUT2D eigenvalue weighted by Crippen LogP contribution is -2.14. The smallest absolute Gasteiger partial charge is 0.199 e. The minimum absolute atomic E-state index is 0.0451. The number of carbonyl (C=O) groups excluding carboxylic acids is 1. The molecule has 0 bridgehead atoms. The molecule has 0 aromatic heterocycles. The van der Waals surface area contributed by atoms with Crippen molar-refractivity contribution in [3.8, 4) is 17.2 Å². The molecule has 0 spiro atoms. The Hall–Kier alpha value is -4.06. The van der Waals surface area contributed by atoms with Gasteiger partial charge < -0.3 is 19.3 Å². The van der Waals surface area contributed by atoms with Crippen molar-refractivity contribution < 1.29 is 24.1 Å². The van der Waals surface area contributed by atoms with E-state index in [9.17, 15) is 9.90 Å². The summed E-state index contributed by atoms with van der Waals surface area (Å²) < 4.78 is 15.9. The number of aliphatic hydroxyl groups is 1. The molecule has 0 unspecified atom stereocenters. The fourth-order valence-corrected chi connectivity index (χ4v) is 3.88. The number of ether oxygens (including phenoxy) is 3. The first kappa shape index (κ1) is 22.1. The molecule has 1 N–H and O–H groups in total. The van der Waals surface area contributed by atoms with E-state index in [2.05, 4.69) is 0 Å². The number of hydrogen-bond acceptors (Lipinski definition) is 6. The van der Waals surface area contributed by atoms with Crippen molar-refractivity contribution in [1.29, 1.82) is 0 Å². The van der Waals surface area contributed by atoms with E-state index in [0.29, 0.717) is 47.1 Å². The van der Waals surface area contributed by atoms with E-state index in [4.69, 9.17) is 19.2 Å². The van der Waals surface area contributed by atoms with Gasteiger partial charge in [-0.3, -0.25) is 9.79 Å². The molecule has 1 aliphatic rings. The molecule has 3 aromatic carbocycles. The van der Waals surface area contributed by atoms with Gasteiger partial charge in [-0.25, -0.2) is 0 Å². The Balaban J connectivity index is 1.69. The van der Waals surface area contributed by atoms with Crippen LogP contribution in [0.2, 0.25) is 0 Å². The van der Waals surface area contributed by atoms with Gasteiger partial charge >= 0.3 is 0 Å². The Bertz CT molecular complexity index is 1240. The van der Waals surface area contributed by atoms with Gasteiger partial charge in [-0.15, -0.1) is 0 Å². The number of aliphatic hydroxyl groups excluding tert-OH is 1. The van der Waals surface area contributed by atoms with Crippen molar-refractivity contribution in [2.24, 2.45) is 4.99 Å². The van der Waals surface area contributed by atoms with Crippen molar-refractivity contribution in [3.05, 3.63) is 94.6 Å². The van der Waals surface area contributed by atoms with Crippen LogP contribution in [0.1, 0.15) is 27.0 Å². The highest BCUT2D eigenvalue weighted by atomic mass is 16.5. The van der Waals surface area contributed by atoms with Crippen molar-refractivity contribution in [3.63, 3.8) is 0 Å². The molecule has 0 saturated carbocycles. The molecule has 0 heterocycles. The van der Waals surface area contributed by atoms with Crippen molar-refractivity contribution >= 4 is 17.3 Å². The van der Waals surface area contributed by atoms with Crippen LogP contribution in [0.25, 0.3) is 5.76 Å². The molecule has 168 valence electrons. The maximum Gasteiger partial charge on any atom is 0.199 e. The molecule has 3 aromatic rings. The summed E-state index contributed by atoms with van der Waals surface area (Å²) in [6.07, 6.45) is 0.620. The Kier molecular flexibility index (Phi) is 6.45. The van der Waals surface area contributed by atoms with E-state index < -0.39 is 0 Å². The second kappa shape index (κ2) is 9.61. The first-order valence-corrected chi connectivity index (χ1v) is 10.5. The monoisotopic (exact) mass is 443 g/mol. The molecular formula is C27H25NO5. The van der Waals surface area contributed by atoms with Crippen LogP contribution in [0.3, 0.4) is 0 Å². The molecule has 33 heavy (non-hydrogen) atoms. The zero-order valence-electron chi connectivity index (χ0n) is 18.8. The van der Waals surface area contributed by atoms with Crippen LogP contribution in [0, 0.1) is 0 Å². The van der Waals surface area contributed by atoms with Crippen molar-refractivity contribution in [2.75, 3.05) is 27.9 Å². The normalized spacial score (nSPS) is 13.2. The number of ketones is 1. The summed E-state index contributed by atoms with van der Waals surface area (Å²) in [5.41, 5.74) is 3.42. The van der Waals surface area contributed by atoms with Gasteiger partial charge in [-0.1, -0.05) is 30.3 Å². The maximum atomic E-state index is 13.2. The minimum Gasteiger partial charge on any atom is -0.506 e. The van der Waals surface area contributed by atoms with Gasteiger partial charge in [0, 0.05) is 23.2 Å². The fraction of sp³-hybridized carbons (Fsp3) is 0.185. The third kappa shape index (κ3) is 4.32. The molecule has 0 saturated heterocycles. The van der Waals surface area contributed by atoms with Gasteiger partial charge in [-0.05, 0) is 48.4 Å². The third-order valence-corrected chi connectivity index (χ3v) is 5.61. The number of nitrogens with zero attached hydrogens (tertiary/aromatic N) is 1. The minimum atomic E-state index is -0.233. The van der Waals surface area contributed by atoms with E-state index in [1.807, 2.05) is 42.5 Å². The Labute approximate surface area is 192 Å². The van der Waals surface area contributed by atoms with Crippen LogP contribution in [0.5, 0.6) is 17.2 Å². The van der Waals surface area contributed by atoms with Crippen LogP contribution >= 0.6 is 0 Å². The van der Waals surface area contributed by atoms with Gasteiger partial charge in [0.25, 0.3) is 0 Å². The fourth-order valence-electron chi connectivity index (χ4n) is 3.88. The molecule has 6 nitrogen and oxygen atoms in total. The van der Waals surface area contributed by atoms with E-state index in [1.54, 1.807) is 45.6 Å². The van der Waals surface area contributed by atoms with E-state index >= 15 is 0 Å². The standard InChI is InChI=1S/C27H25NO5/c1-31-19-11-9-18(10-12-19)25(24-26(29)20-6-4-5-7-21(20)27(24)30)28-15-14-17-8-13-22(32-2)23(16-17)33-3/h4-13,16,29H,14-15H2,1-3H3. The van der Waals surface area contributed by atoms with Crippen LogP contribution in [0.15, 0.2) is 77.3 Å². The maximum absolute atomic E-state index is 13.2. The Morgan fingerprint density at radius 3 is 2.18 bits per heavy atom. The number of carbonyl (C=O) groups is 1. The number of hydrogen-bond donors (Lipinski definition) is 1. The molecule has 1 aliphatic carbocycles. The molecule has 0 fully saturated rings. The highest BCUT2D eigenvalue weighted by Crippen LogP contribution is 2.33. The number of methoxy groups -OCH3 is 3. The second-order valence-electron chi connectivity index (χ2n) is 7.50. The van der Waals surface area contributed by atoms with Gasteiger partial charge in [-0.2, -0.15) is 0 Å². The Morgan fingerprint density at radius 1 is 0.848 bits per heavy atom. The Morgan fingerprint density at radius 2 is 1.55 bits per heavy atom. The van der Waals surface area contributed by atoms with Crippen LogP contribution in [-0.4, -0.2) is 44.5 Å². The lowest BCUT2D eigenvalue weighted by atomic mass is 9.99. The topological polar surface area (TPSA) is 77.3 Å².